The molecule has 2 N–H and O–H groups in total. The van der Waals surface area contributed by atoms with Gasteiger partial charge in [0, 0.05) is 32.4 Å². The van der Waals surface area contributed by atoms with Gasteiger partial charge in [0.25, 0.3) is 11.2 Å². The lowest BCUT2D eigenvalue weighted by molar-refractivity contribution is 0.487. The van der Waals surface area contributed by atoms with Gasteiger partial charge in [0.1, 0.15) is 11.7 Å². The van der Waals surface area contributed by atoms with E-state index in [9.17, 15) is 0 Å². The average molecular weight is 568 g/mol. The van der Waals surface area contributed by atoms with Crippen LogP contribution in [-0.4, -0.2) is 35.3 Å². The molecule has 8 heteroatoms. The molecule has 40 heavy (non-hydrogen) atoms. The Labute approximate surface area is 241 Å². The minimum Gasteiger partial charge on any atom is -0.387 e. The average Bonchev–Trinajstić information content (AvgIpc) is 3.21. The van der Waals surface area contributed by atoms with Gasteiger partial charge in [-0.3, -0.25) is 0 Å². The molecule has 0 unspecified atom stereocenters. The number of anilines is 1. The Morgan fingerprint density at radius 3 is 2.73 bits per heavy atom. The summed E-state index contributed by atoms with van der Waals surface area (Å²) in [7, 11) is 3.63. The van der Waals surface area contributed by atoms with Crippen LogP contribution in [0.15, 0.2) is 106 Å². The molecule has 0 atom stereocenters. The number of fused-ring (bicyclic) bond motifs is 1. The Hall–Kier alpha value is -3.52. The lowest BCUT2D eigenvalue weighted by Crippen LogP contribution is -2.26. The van der Waals surface area contributed by atoms with Crippen LogP contribution in [0.5, 0.6) is 0 Å². The molecule has 1 aromatic rings. The van der Waals surface area contributed by atoms with Gasteiger partial charge < -0.3 is 15.5 Å². The number of aromatic nitrogens is 1. The summed E-state index contributed by atoms with van der Waals surface area (Å²) >= 11 is -4.63. The van der Waals surface area contributed by atoms with Crippen molar-refractivity contribution in [3.8, 4) is 0 Å². The number of allylic oxidation sites excluding steroid dienone is 12. The van der Waals surface area contributed by atoms with E-state index in [-0.39, 0.29) is 11.7 Å². The molecule has 2 aliphatic rings. The van der Waals surface area contributed by atoms with Crippen LogP contribution in [0.1, 0.15) is 58.6 Å². The van der Waals surface area contributed by atoms with Crippen molar-refractivity contribution in [1.82, 2.24) is 14.2 Å². The summed E-state index contributed by atoms with van der Waals surface area (Å²) in [5.41, 5.74) is 5.04. The zero-order valence-corrected chi connectivity index (χ0v) is 25.2. The zero-order chi connectivity index (χ0) is 29.1. The van der Waals surface area contributed by atoms with Crippen molar-refractivity contribution in [2.24, 2.45) is 4.40 Å². The minimum absolute atomic E-state index is 0.279. The monoisotopic (exact) mass is 567 g/mol. The van der Waals surface area contributed by atoms with Crippen LogP contribution in [0.3, 0.4) is 0 Å². The second-order valence-corrected chi connectivity index (χ2v) is 11.3. The van der Waals surface area contributed by atoms with Crippen LogP contribution in [-0.2, 0) is 0 Å². The van der Waals surface area contributed by atoms with Gasteiger partial charge in [-0.1, -0.05) is 74.1 Å². The molecule has 0 saturated carbocycles. The SMILES string of the molecule is C=C\C(C)=C/C=C(C)/C(=C/Nc1ccc2n1S(F)(F)N=C(N(C)CCCC)/C=C\C=C2C1=CC=CCCC1)NC. The molecular weight excluding hydrogens is 524 g/mol. The molecule has 0 aromatic carbocycles. The van der Waals surface area contributed by atoms with Gasteiger partial charge in [0.05, 0.1) is 11.4 Å². The molecule has 0 radical (unpaired) electrons. The number of likely N-dealkylation sites (N-methyl/N-ethyl adjacent to an activating group) is 2. The molecule has 0 spiro atoms. The number of halogens is 2. The third-order valence-corrected chi connectivity index (χ3v) is 8.09. The second-order valence-electron chi connectivity index (χ2n) is 9.91. The highest BCUT2D eigenvalue weighted by Crippen LogP contribution is 2.59. The largest absolute Gasteiger partial charge is 0.387 e. The fourth-order valence-electron chi connectivity index (χ4n) is 4.39. The van der Waals surface area contributed by atoms with Crippen molar-refractivity contribution in [3.05, 3.63) is 108 Å². The predicted molar refractivity (Wildman–Crippen MR) is 171 cm³/mol. The lowest BCUT2D eigenvalue weighted by atomic mass is 9.98. The first-order valence-electron chi connectivity index (χ1n) is 13.8. The van der Waals surface area contributed by atoms with Crippen LogP contribution >= 0.6 is 11.2 Å². The molecule has 1 aliphatic heterocycles. The smallest absolute Gasteiger partial charge is 0.256 e. The number of hydrogen-bond donors (Lipinski definition) is 2. The van der Waals surface area contributed by atoms with Crippen molar-refractivity contribution in [3.63, 3.8) is 0 Å². The summed E-state index contributed by atoms with van der Waals surface area (Å²) < 4.78 is 37.8. The highest BCUT2D eigenvalue weighted by Gasteiger charge is 2.33. The van der Waals surface area contributed by atoms with Crippen LogP contribution in [0.2, 0.25) is 0 Å². The Morgan fingerprint density at radius 1 is 1.20 bits per heavy atom. The molecule has 2 heterocycles. The van der Waals surface area contributed by atoms with Gasteiger partial charge in [0.15, 0.2) is 0 Å². The maximum absolute atomic E-state index is 16.3. The fraction of sp³-hybridized carbons (Fsp3) is 0.344. The Bertz CT molecular complexity index is 1300. The normalized spacial score (nSPS) is 19.5. The van der Waals surface area contributed by atoms with E-state index in [0.717, 1.165) is 64.1 Å². The highest BCUT2D eigenvalue weighted by atomic mass is 32.3. The molecule has 0 fully saturated rings. The first-order chi connectivity index (χ1) is 19.2. The molecule has 5 nitrogen and oxygen atoms in total. The lowest BCUT2D eigenvalue weighted by Gasteiger charge is -2.26. The van der Waals surface area contributed by atoms with E-state index >= 15 is 7.77 Å². The standard InChI is InChI=1S/C32H43F2N5S/c1-7-9-23-38(6)32-18-14-17-28(27-15-12-10-11-13-16-27)30-21-22-31(39(30)40(33,34)37-32)36-24-29(35-5)26(4)20-19-25(3)8-2/h8,10,12,14-15,17-22,24,35-36H,2,7,9,11,13,16,23H2,1,3-6H3/b18-14-,25-19-,26-20+,28-17?,29-24-,37-32?. The summed E-state index contributed by atoms with van der Waals surface area (Å²) in [5, 5.41) is 6.32. The molecular formula is C32H43F2N5S. The van der Waals surface area contributed by atoms with Crippen molar-refractivity contribution < 1.29 is 7.77 Å². The molecule has 1 aromatic heterocycles. The fourth-order valence-corrected chi connectivity index (χ4v) is 5.64. The number of unbranched alkanes of at least 4 members (excludes halogenated alkanes) is 1. The molecule has 0 amide bonds. The third-order valence-electron chi connectivity index (χ3n) is 6.86. The van der Waals surface area contributed by atoms with Gasteiger partial charge >= 0.3 is 0 Å². The van der Waals surface area contributed by atoms with E-state index in [1.807, 2.05) is 69.3 Å². The second kappa shape index (κ2) is 14.7. The maximum Gasteiger partial charge on any atom is 0.256 e. The summed E-state index contributed by atoms with van der Waals surface area (Å²) in [5.74, 6) is 0.561. The van der Waals surface area contributed by atoms with E-state index in [4.69, 9.17) is 0 Å². The summed E-state index contributed by atoms with van der Waals surface area (Å²) in [6.45, 7) is 10.5. The first kappa shape index (κ1) is 31.0. The first-order valence-corrected chi connectivity index (χ1v) is 15.2. The number of nitrogens with one attached hydrogen (secondary N) is 2. The number of amidine groups is 1. The molecule has 3 rings (SSSR count). The molecule has 216 valence electrons. The topological polar surface area (TPSA) is 44.6 Å². The summed E-state index contributed by atoms with van der Waals surface area (Å²) in [6.07, 6.45) is 23.8. The van der Waals surface area contributed by atoms with E-state index in [1.165, 1.54) is 0 Å². The van der Waals surface area contributed by atoms with Crippen molar-refractivity contribution in [1.29, 1.82) is 0 Å². The predicted octanol–water partition coefficient (Wildman–Crippen LogP) is 9.04. The van der Waals surface area contributed by atoms with E-state index in [2.05, 4.69) is 34.6 Å². The summed E-state index contributed by atoms with van der Waals surface area (Å²) in [6, 6.07) is 3.48. The van der Waals surface area contributed by atoms with Crippen LogP contribution in [0, 0.1) is 0 Å². The van der Waals surface area contributed by atoms with Gasteiger partial charge in [-0.15, -0.1) is 12.2 Å². The highest BCUT2D eigenvalue weighted by molar-refractivity contribution is 8.23. The van der Waals surface area contributed by atoms with Crippen molar-refractivity contribution >= 4 is 28.4 Å². The Morgan fingerprint density at radius 2 is 2.00 bits per heavy atom. The van der Waals surface area contributed by atoms with E-state index < -0.39 is 11.2 Å². The molecule has 0 saturated heterocycles. The van der Waals surface area contributed by atoms with Gasteiger partial charge in [-0.05, 0) is 68.9 Å². The number of rotatable bonds is 10. The Balaban J connectivity index is 2.14. The molecule has 1 aliphatic carbocycles. The summed E-state index contributed by atoms with van der Waals surface area (Å²) in [4.78, 5) is 1.82. The van der Waals surface area contributed by atoms with Gasteiger partial charge in [-0.2, -0.15) is 0 Å². The van der Waals surface area contributed by atoms with Crippen LogP contribution in [0.25, 0.3) is 5.57 Å². The zero-order valence-electron chi connectivity index (χ0n) is 24.4. The number of hydrogen-bond acceptors (Lipinski definition) is 4. The van der Waals surface area contributed by atoms with Crippen LogP contribution < -0.4 is 10.6 Å². The van der Waals surface area contributed by atoms with Gasteiger partial charge in [0.2, 0.25) is 0 Å². The molecule has 0 bridgehead atoms. The quantitative estimate of drug-likeness (QED) is 0.277. The van der Waals surface area contributed by atoms with E-state index in [1.54, 1.807) is 30.5 Å². The van der Waals surface area contributed by atoms with Gasteiger partial charge in [-0.25, -0.2) is 3.97 Å². The van der Waals surface area contributed by atoms with Crippen molar-refractivity contribution in [2.45, 2.75) is 52.9 Å². The van der Waals surface area contributed by atoms with Crippen LogP contribution in [0.4, 0.5) is 13.6 Å². The maximum atomic E-state index is 16.3. The minimum atomic E-state index is -4.63. The number of nitrogens with zero attached hydrogens (tertiary/aromatic N) is 3. The van der Waals surface area contributed by atoms with Crippen molar-refractivity contribution in [2.75, 3.05) is 26.0 Å². The third kappa shape index (κ3) is 8.01. The Kier molecular flexibility index (Phi) is 11.4. The van der Waals surface area contributed by atoms with E-state index in [0.29, 0.717) is 12.2 Å².